The van der Waals surface area contributed by atoms with E-state index in [4.69, 9.17) is 13.5 Å². The molecule has 1 N–H and O–H groups in total. The summed E-state index contributed by atoms with van der Waals surface area (Å²) in [5.41, 5.74) is 1.24. The van der Waals surface area contributed by atoms with Crippen LogP contribution < -0.4 is 10.8 Å². The number of nitrogens with zero attached hydrogens (tertiary/aromatic N) is 2. The Morgan fingerprint density at radius 3 is 2.43 bits per heavy atom. The monoisotopic (exact) mass is 431 g/mol. The molecule has 30 heavy (non-hydrogen) atoms. The maximum atomic E-state index is 13.4. The van der Waals surface area contributed by atoms with Gasteiger partial charge < -0.3 is 18.8 Å². The maximum absolute atomic E-state index is 13.4. The third-order valence-electron chi connectivity index (χ3n) is 4.07. The number of hydrogen-bond acceptors (Lipinski definition) is 8. The fraction of sp³-hybridized carbons (Fsp3) is 0.250. The van der Waals surface area contributed by atoms with Crippen LogP contribution in [0, 0.1) is 10.1 Å². The number of benzene rings is 2. The summed E-state index contributed by atoms with van der Waals surface area (Å²) >= 11 is 0. The molecule has 0 saturated carbocycles. The van der Waals surface area contributed by atoms with Crippen LogP contribution in [0.5, 0.6) is 0 Å². The number of nitro benzene ring substituents is 1. The van der Waals surface area contributed by atoms with Gasteiger partial charge in [0.1, 0.15) is 0 Å². The van der Waals surface area contributed by atoms with Crippen molar-refractivity contribution in [2.24, 2.45) is 0 Å². The fourth-order valence-electron chi connectivity index (χ4n) is 2.77. The standard InChI is InChI=1S/C20H22N3O6P/c1-3-27-30(26,28-4-2)20-19(21-14-15-9-6-5-7-10-15)29-18(22-20)16-11-8-12-17(13-16)23(24)25/h5-13,21H,3-4,14H2,1-2H3. The zero-order chi connectivity index (χ0) is 21.6. The first kappa shape index (κ1) is 21.7. The molecule has 2 aromatic carbocycles. The first-order chi connectivity index (χ1) is 14.5. The first-order valence-corrected chi connectivity index (χ1v) is 10.9. The molecule has 1 heterocycles. The number of oxazole rings is 1. The molecule has 0 amide bonds. The van der Waals surface area contributed by atoms with E-state index in [2.05, 4.69) is 10.3 Å². The molecule has 0 saturated heterocycles. The van der Waals surface area contributed by atoms with Crippen molar-refractivity contribution < 1.29 is 23.0 Å². The second-order valence-electron chi connectivity index (χ2n) is 6.15. The molecule has 3 aromatic rings. The van der Waals surface area contributed by atoms with Gasteiger partial charge in [-0.3, -0.25) is 14.7 Å². The molecule has 0 spiro atoms. The Balaban J connectivity index is 2.03. The molecule has 0 atom stereocenters. The van der Waals surface area contributed by atoms with Crippen LogP contribution in [0.1, 0.15) is 19.4 Å². The van der Waals surface area contributed by atoms with Gasteiger partial charge in [0.15, 0.2) is 0 Å². The molecule has 0 aliphatic rings. The molecule has 0 bridgehead atoms. The lowest BCUT2D eigenvalue weighted by atomic mass is 10.2. The van der Waals surface area contributed by atoms with Crippen molar-refractivity contribution in [3.8, 4) is 11.5 Å². The summed E-state index contributed by atoms with van der Waals surface area (Å²) in [6, 6.07) is 15.4. The number of nitrogens with one attached hydrogen (secondary N) is 1. The lowest BCUT2D eigenvalue weighted by Crippen LogP contribution is -2.16. The Kier molecular flexibility index (Phi) is 6.99. The number of aromatic nitrogens is 1. The van der Waals surface area contributed by atoms with Gasteiger partial charge in [0.2, 0.25) is 17.2 Å². The highest BCUT2D eigenvalue weighted by molar-refractivity contribution is 7.62. The Morgan fingerprint density at radius 2 is 1.80 bits per heavy atom. The average molecular weight is 431 g/mol. The number of non-ortho nitro benzene ring substituents is 1. The summed E-state index contributed by atoms with van der Waals surface area (Å²) in [6.45, 7) is 4.08. The Bertz CT molecular complexity index is 1040. The molecule has 0 aliphatic heterocycles. The summed E-state index contributed by atoms with van der Waals surface area (Å²) in [7, 11) is -3.76. The van der Waals surface area contributed by atoms with Crippen molar-refractivity contribution in [3.05, 3.63) is 70.3 Å². The molecular formula is C20H22N3O6P. The van der Waals surface area contributed by atoms with E-state index in [0.717, 1.165) is 5.56 Å². The maximum Gasteiger partial charge on any atom is 0.385 e. The second-order valence-corrected chi connectivity index (χ2v) is 8.09. The molecule has 9 nitrogen and oxygen atoms in total. The predicted molar refractivity (Wildman–Crippen MR) is 113 cm³/mol. The predicted octanol–water partition coefficient (Wildman–Crippen LogP) is 4.75. The van der Waals surface area contributed by atoms with Crippen LogP contribution in [0.3, 0.4) is 0 Å². The lowest BCUT2D eigenvalue weighted by Gasteiger charge is -2.15. The largest absolute Gasteiger partial charge is 0.420 e. The highest BCUT2D eigenvalue weighted by atomic mass is 31.2. The van der Waals surface area contributed by atoms with E-state index in [0.29, 0.717) is 12.1 Å². The topological polar surface area (TPSA) is 117 Å². The summed E-state index contributed by atoms with van der Waals surface area (Å²) in [5, 5.41) is 14.2. The van der Waals surface area contributed by atoms with Crippen LogP contribution in [-0.4, -0.2) is 23.1 Å². The minimum atomic E-state index is -3.76. The van der Waals surface area contributed by atoms with Gasteiger partial charge in [-0.2, -0.15) is 4.98 Å². The average Bonchev–Trinajstić information content (AvgIpc) is 3.19. The third-order valence-corrected chi connectivity index (χ3v) is 6.08. The van der Waals surface area contributed by atoms with Crippen LogP contribution in [0.15, 0.2) is 59.0 Å². The highest BCUT2D eigenvalue weighted by Crippen LogP contribution is 2.49. The molecular weight excluding hydrogens is 409 g/mol. The summed E-state index contributed by atoms with van der Waals surface area (Å²) in [5.74, 6) is 0.203. The van der Waals surface area contributed by atoms with Gasteiger partial charge >= 0.3 is 7.60 Å². The zero-order valence-corrected chi connectivity index (χ0v) is 17.5. The number of hydrogen-bond donors (Lipinski definition) is 1. The van der Waals surface area contributed by atoms with E-state index in [-0.39, 0.29) is 36.1 Å². The second kappa shape index (κ2) is 9.67. The zero-order valence-electron chi connectivity index (χ0n) is 16.6. The van der Waals surface area contributed by atoms with Gasteiger partial charge in [0, 0.05) is 24.2 Å². The third kappa shape index (κ3) is 4.94. The van der Waals surface area contributed by atoms with Gasteiger partial charge in [-0.05, 0) is 25.5 Å². The van der Waals surface area contributed by atoms with Crippen molar-refractivity contribution in [3.63, 3.8) is 0 Å². The molecule has 0 aliphatic carbocycles. The Hall–Kier alpha value is -3.00. The van der Waals surface area contributed by atoms with Crippen molar-refractivity contribution in [1.29, 1.82) is 0 Å². The molecule has 0 fully saturated rings. The first-order valence-electron chi connectivity index (χ1n) is 9.40. The van der Waals surface area contributed by atoms with Gasteiger partial charge in [-0.15, -0.1) is 0 Å². The molecule has 1 aromatic heterocycles. The molecule has 3 rings (SSSR count). The molecule has 158 valence electrons. The molecule has 0 radical (unpaired) electrons. The minimum Gasteiger partial charge on any atom is -0.420 e. The highest BCUT2D eigenvalue weighted by Gasteiger charge is 2.36. The number of nitro groups is 1. The lowest BCUT2D eigenvalue weighted by molar-refractivity contribution is -0.384. The number of rotatable bonds is 10. The number of anilines is 1. The van der Waals surface area contributed by atoms with Crippen LogP contribution >= 0.6 is 7.60 Å². The van der Waals surface area contributed by atoms with Crippen LogP contribution in [0.2, 0.25) is 0 Å². The van der Waals surface area contributed by atoms with Gasteiger partial charge in [-0.25, -0.2) is 0 Å². The smallest absolute Gasteiger partial charge is 0.385 e. The fourth-order valence-corrected chi connectivity index (χ4v) is 4.35. The summed E-state index contributed by atoms with van der Waals surface area (Å²) < 4.78 is 30.0. The van der Waals surface area contributed by atoms with E-state index in [1.807, 2.05) is 30.3 Å². The van der Waals surface area contributed by atoms with Gasteiger partial charge in [-0.1, -0.05) is 36.4 Å². The SMILES string of the molecule is CCOP(=O)(OCC)c1nc(-c2cccc([N+](=O)[O-])c2)oc1NCc1ccccc1. The van der Waals surface area contributed by atoms with Crippen molar-refractivity contribution >= 4 is 24.6 Å². The Labute approximate surface area is 173 Å². The van der Waals surface area contributed by atoms with Crippen LogP contribution in [0.4, 0.5) is 11.6 Å². The summed E-state index contributed by atoms with van der Waals surface area (Å²) in [4.78, 5) is 14.9. The van der Waals surface area contributed by atoms with Crippen molar-refractivity contribution in [2.45, 2.75) is 20.4 Å². The van der Waals surface area contributed by atoms with E-state index < -0.39 is 12.5 Å². The molecule has 10 heteroatoms. The van der Waals surface area contributed by atoms with E-state index in [1.54, 1.807) is 19.9 Å². The molecule has 0 unspecified atom stereocenters. The van der Waals surface area contributed by atoms with E-state index in [1.165, 1.54) is 18.2 Å². The summed E-state index contributed by atoms with van der Waals surface area (Å²) in [6.07, 6.45) is 0. The van der Waals surface area contributed by atoms with E-state index in [9.17, 15) is 14.7 Å². The van der Waals surface area contributed by atoms with Crippen molar-refractivity contribution in [1.82, 2.24) is 4.98 Å². The Morgan fingerprint density at radius 1 is 1.10 bits per heavy atom. The van der Waals surface area contributed by atoms with E-state index >= 15 is 0 Å². The minimum absolute atomic E-state index is 0.00337. The van der Waals surface area contributed by atoms with Gasteiger partial charge in [0.25, 0.3) is 5.69 Å². The van der Waals surface area contributed by atoms with Crippen molar-refractivity contribution in [2.75, 3.05) is 18.5 Å². The van der Waals surface area contributed by atoms with Crippen LogP contribution in [0.25, 0.3) is 11.5 Å². The normalized spacial score (nSPS) is 11.4. The quantitative estimate of drug-likeness (QED) is 0.278. The van der Waals surface area contributed by atoms with Gasteiger partial charge in [0.05, 0.1) is 18.1 Å². The van der Waals surface area contributed by atoms with Crippen LogP contribution in [-0.2, 0) is 20.2 Å².